The van der Waals surface area contributed by atoms with E-state index in [4.69, 9.17) is 9.88 Å². The number of nitrogens with two attached hydrogens (primary N) is 1. The fourth-order valence-electron chi connectivity index (χ4n) is 2.54. The van der Waals surface area contributed by atoms with Crippen molar-refractivity contribution >= 4 is 50.1 Å². The fourth-order valence-corrected chi connectivity index (χ4v) is 3.84. The maximum Gasteiger partial charge on any atom is 0.316 e. The van der Waals surface area contributed by atoms with E-state index in [1.54, 1.807) is 0 Å². The summed E-state index contributed by atoms with van der Waals surface area (Å²) in [6, 6.07) is 19.3. The molecule has 7 nitrogen and oxygen atoms in total. The van der Waals surface area contributed by atoms with E-state index in [1.807, 2.05) is 42.5 Å². The number of primary sulfonamides is 1. The van der Waals surface area contributed by atoms with E-state index < -0.39 is 28.5 Å². The molecule has 150 valence electrons. The number of hydrogen-bond acceptors (Lipinski definition) is 6. The minimum atomic E-state index is -3.87. The molecule has 0 aliphatic rings. The summed E-state index contributed by atoms with van der Waals surface area (Å²) in [7, 11) is -3.87. The molecule has 0 heterocycles. The van der Waals surface area contributed by atoms with Crippen molar-refractivity contribution < 1.29 is 22.7 Å². The number of carbonyl (C=O) groups excluding carboxylic acids is 2. The van der Waals surface area contributed by atoms with Crippen molar-refractivity contribution in [3.8, 4) is 0 Å². The van der Waals surface area contributed by atoms with Crippen LogP contribution < -0.4 is 10.5 Å². The largest absolute Gasteiger partial charge is 0.455 e. The Hall–Kier alpha value is -2.88. The van der Waals surface area contributed by atoms with Crippen molar-refractivity contribution in [3.05, 3.63) is 66.7 Å². The lowest BCUT2D eigenvalue weighted by Crippen LogP contribution is -2.22. The molecule has 0 atom stereocenters. The number of thioether (sulfide) groups is 1. The molecule has 29 heavy (non-hydrogen) atoms. The molecule has 3 N–H and O–H groups in total. The molecule has 0 radical (unpaired) electrons. The number of fused-ring (bicyclic) bond motifs is 1. The molecule has 3 aromatic rings. The Labute approximate surface area is 172 Å². The van der Waals surface area contributed by atoms with Gasteiger partial charge in [0, 0.05) is 10.6 Å². The second-order valence-electron chi connectivity index (χ2n) is 6.08. The van der Waals surface area contributed by atoms with Gasteiger partial charge in [-0.05, 0) is 41.1 Å². The number of esters is 1. The molecule has 0 aliphatic heterocycles. The van der Waals surface area contributed by atoms with Gasteiger partial charge in [-0.15, -0.1) is 11.8 Å². The van der Waals surface area contributed by atoms with Gasteiger partial charge in [-0.2, -0.15) is 0 Å². The van der Waals surface area contributed by atoms with E-state index in [1.165, 1.54) is 36.0 Å². The molecule has 0 fully saturated rings. The van der Waals surface area contributed by atoms with Crippen molar-refractivity contribution in [1.82, 2.24) is 0 Å². The van der Waals surface area contributed by atoms with Crippen LogP contribution in [0.3, 0.4) is 0 Å². The molecular weight excluding hydrogens is 412 g/mol. The summed E-state index contributed by atoms with van der Waals surface area (Å²) in [5.74, 6) is -1.05. The molecule has 9 heteroatoms. The van der Waals surface area contributed by atoms with Gasteiger partial charge in [0.15, 0.2) is 6.61 Å². The predicted molar refractivity (Wildman–Crippen MR) is 112 cm³/mol. The average molecular weight is 431 g/mol. The number of carbonyl (C=O) groups is 2. The number of hydrogen-bond donors (Lipinski definition) is 2. The maximum atomic E-state index is 11.9. The predicted octanol–water partition coefficient (Wildman–Crippen LogP) is 2.76. The molecule has 0 bridgehead atoms. The molecule has 0 aliphatic carbocycles. The Morgan fingerprint density at radius 1 is 0.966 bits per heavy atom. The van der Waals surface area contributed by atoms with Crippen LogP contribution in [0.4, 0.5) is 5.69 Å². The molecule has 3 rings (SSSR count). The SMILES string of the molecule is NS(=O)(=O)c1cccc(NC(=O)COC(=O)CSc2ccc3ccccc3c2)c1. The van der Waals surface area contributed by atoms with Crippen molar-refractivity contribution in [2.24, 2.45) is 5.14 Å². The van der Waals surface area contributed by atoms with Gasteiger partial charge < -0.3 is 10.1 Å². The molecule has 0 unspecified atom stereocenters. The van der Waals surface area contributed by atoms with Gasteiger partial charge in [0.05, 0.1) is 10.6 Å². The number of nitrogens with one attached hydrogen (secondary N) is 1. The molecule has 0 aromatic heterocycles. The van der Waals surface area contributed by atoms with Gasteiger partial charge in [-0.25, -0.2) is 13.6 Å². The van der Waals surface area contributed by atoms with Crippen LogP contribution in [-0.2, 0) is 24.3 Å². The molecule has 0 saturated heterocycles. The van der Waals surface area contributed by atoms with Gasteiger partial charge in [0.25, 0.3) is 5.91 Å². The Kier molecular flexibility index (Phi) is 6.53. The third kappa shape index (κ3) is 6.05. The van der Waals surface area contributed by atoms with Crippen LogP contribution in [0.15, 0.2) is 76.5 Å². The zero-order chi connectivity index (χ0) is 20.9. The van der Waals surface area contributed by atoms with Crippen LogP contribution >= 0.6 is 11.8 Å². The highest BCUT2D eigenvalue weighted by Crippen LogP contribution is 2.23. The third-order valence-corrected chi connectivity index (χ3v) is 5.77. The second-order valence-corrected chi connectivity index (χ2v) is 8.69. The molecule has 0 spiro atoms. The summed E-state index contributed by atoms with van der Waals surface area (Å²) in [6.07, 6.45) is 0. The first-order valence-electron chi connectivity index (χ1n) is 8.51. The van der Waals surface area contributed by atoms with Crippen LogP contribution in [0.2, 0.25) is 0 Å². The minimum Gasteiger partial charge on any atom is -0.455 e. The lowest BCUT2D eigenvalue weighted by Gasteiger charge is -2.08. The second kappa shape index (κ2) is 9.08. The fraction of sp³-hybridized carbons (Fsp3) is 0.100. The summed E-state index contributed by atoms with van der Waals surface area (Å²) < 4.78 is 27.6. The lowest BCUT2D eigenvalue weighted by molar-refractivity contribution is -0.144. The van der Waals surface area contributed by atoms with Crippen LogP contribution in [0.25, 0.3) is 10.8 Å². The molecular formula is C20H18N2O5S2. The number of rotatable bonds is 7. The van der Waals surface area contributed by atoms with E-state index in [2.05, 4.69) is 5.32 Å². The first-order valence-corrected chi connectivity index (χ1v) is 11.0. The van der Waals surface area contributed by atoms with Crippen LogP contribution in [-0.4, -0.2) is 32.7 Å². The first kappa shape index (κ1) is 20.8. The highest BCUT2D eigenvalue weighted by molar-refractivity contribution is 8.00. The van der Waals surface area contributed by atoms with Gasteiger partial charge in [-0.3, -0.25) is 9.59 Å². The summed E-state index contributed by atoms with van der Waals surface area (Å²) >= 11 is 1.32. The Balaban J connectivity index is 1.48. The van der Waals surface area contributed by atoms with Gasteiger partial charge in [0.1, 0.15) is 0 Å². The van der Waals surface area contributed by atoms with Crippen molar-refractivity contribution in [3.63, 3.8) is 0 Å². The summed E-state index contributed by atoms with van der Waals surface area (Å²) in [6.45, 7) is -0.475. The standard InChI is InChI=1S/C20H18N2O5S2/c21-29(25,26)18-7-3-6-16(11-18)22-19(23)12-27-20(24)13-28-17-9-8-14-4-1-2-5-15(14)10-17/h1-11H,12-13H2,(H,22,23)(H2,21,25,26). The zero-order valence-electron chi connectivity index (χ0n) is 15.2. The number of anilines is 1. The Morgan fingerprint density at radius 3 is 2.48 bits per heavy atom. The van der Waals surface area contributed by atoms with Crippen molar-refractivity contribution in [1.29, 1.82) is 0 Å². The Bertz CT molecular complexity index is 1160. The van der Waals surface area contributed by atoms with Gasteiger partial charge in [0.2, 0.25) is 10.0 Å². The monoisotopic (exact) mass is 430 g/mol. The highest BCUT2D eigenvalue weighted by Gasteiger charge is 2.11. The zero-order valence-corrected chi connectivity index (χ0v) is 16.8. The molecule has 3 aromatic carbocycles. The summed E-state index contributed by atoms with van der Waals surface area (Å²) in [5, 5.41) is 9.70. The first-order chi connectivity index (χ1) is 13.8. The van der Waals surface area contributed by atoms with Gasteiger partial charge in [-0.1, -0.05) is 36.4 Å². The summed E-state index contributed by atoms with van der Waals surface area (Å²) in [4.78, 5) is 24.6. The molecule has 0 saturated carbocycles. The third-order valence-electron chi connectivity index (χ3n) is 3.89. The van der Waals surface area contributed by atoms with E-state index >= 15 is 0 Å². The number of ether oxygens (including phenoxy) is 1. The van der Waals surface area contributed by atoms with E-state index in [-0.39, 0.29) is 16.3 Å². The normalized spacial score (nSPS) is 11.2. The van der Waals surface area contributed by atoms with Crippen LogP contribution in [0.1, 0.15) is 0 Å². The van der Waals surface area contributed by atoms with Crippen LogP contribution in [0.5, 0.6) is 0 Å². The topological polar surface area (TPSA) is 116 Å². The smallest absolute Gasteiger partial charge is 0.316 e. The van der Waals surface area contributed by atoms with E-state index in [0.29, 0.717) is 0 Å². The highest BCUT2D eigenvalue weighted by atomic mass is 32.2. The van der Waals surface area contributed by atoms with Crippen LogP contribution in [0, 0.1) is 0 Å². The summed E-state index contributed by atoms with van der Waals surface area (Å²) in [5.41, 5.74) is 0.239. The van der Waals surface area contributed by atoms with Crippen molar-refractivity contribution in [2.45, 2.75) is 9.79 Å². The average Bonchev–Trinajstić information content (AvgIpc) is 2.70. The maximum absolute atomic E-state index is 11.9. The van der Waals surface area contributed by atoms with Crippen molar-refractivity contribution in [2.75, 3.05) is 17.7 Å². The quantitative estimate of drug-likeness (QED) is 0.440. The number of amides is 1. The number of sulfonamides is 1. The molecule has 1 amide bonds. The number of benzene rings is 3. The Morgan fingerprint density at radius 2 is 1.72 bits per heavy atom. The van der Waals surface area contributed by atoms with E-state index in [0.717, 1.165) is 15.7 Å². The minimum absolute atomic E-state index is 0.0620. The van der Waals surface area contributed by atoms with E-state index in [9.17, 15) is 18.0 Å². The van der Waals surface area contributed by atoms with Gasteiger partial charge >= 0.3 is 5.97 Å². The lowest BCUT2D eigenvalue weighted by atomic mass is 10.1.